The molecule has 23 aromatic rings. The molecule has 2 aliphatic heterocycles. The Hall–Kier alpha value is -16.8. The molecule has 10 nitrogen and oxygen atoms in total. The van der Waals surface area contributed by atoms with E-state index < -0.39 is 10.8 Å². The van der Waals surface area contributed by atoms with Crippen molar-refractivity contribution in [1.29, 1.82) is 0 Å². The van der Waals surface area contributed by atoms with Crippen molar-refractivity contribution in [3.05, 3.63) is 463 Å². The third-order valence-electron chi connectivity index (χ3n) is 26.3. The summed E-state index contributed by atoms with van der Waals surface area (Å²) >= 11 is 0. The third kappa shape index (κ3) is 10.5. The minimum Gasteiger partial charge on any atom is -0.456 e. The molecule has 0 N–H and O–H groups in total. The maximum Gasteiger partial charge on any atom is 0.167 e. The smallest absolute Gasteiger partial charge is 0.167 e. The van der Waals surface area contributed by atoms with E-state index in [2.05, 4.69) is 350 Å². The first-order valence-corrected chi connectivity index (χ1v) is 42.7. The van der Waals surface area contributed by atoms with Crippen LogP contribution in [0.5, 0.6) is 23.0 Å². The van der Waals surface area contributed by atoms with Crippen molar-refractivity contribution in [1.82, 2.24) is 34.5 Å². The van der Waals surface area contributed by atoms with Crippen LogP contribution in [-0.2, 0) is 10.8 Å². The van der Waals surface area contributed by atoms with E-state index in [4.69, 9.17) is 43.8 Å². The SMILES string of the molecule is c1ccc(-c2nc(-c3cccc(-c4nc5ccccc5c5c6c(ccc45)C4(c5ccccc5O6)c5ccccc5-c5ccccc54)c3)nc(-c3cccc4c3oc3ccccc34)n2)cc1.c1ccc(-n2c(-c3ccc(-c4cccc(-c5nc6ccccc6c6c7c(ccc56)C5(c6ccccc6O7)c6ccccc6-c6ccccc65)c4)cc3)nc3ccccc32)cc1. The summed E-state index contributed by atoms with van der Waals surface area (Å²) in [5, 5.41) is 8.31. The molecule has 5 aromatic heterocycles. The van der Waals surface area contributed by atoms with Gasteiger partial charge in [-0.15, -0.1) is 0 Å². The number of para-hydroxylation sites is 9. The summed E-state index contributed by atoms with van der Waals surface area (Å²) in [7, 11) is 0. The Labute approximate surface area is 724 Å². The molecule has 0 saturated carbocycles. The predicted molar refractivity (Wildman–Crippen MR) is 507 cm³/mol. The Morgan fingerprint density at radius 3 is 1.21 bits per heavy atom. The average molecular weight is 1610 g/mol. The van der Waals surface area contributed by atoms with Gasteiger partial charge in [0.15, 0.2) is 17.5 Å². The first-order chi connectivity index (χ1) is 62.5. The molecule has 0 radical (unpaired) electrons. The summed E-state index contributed by atoms with van der Waals surface area (Å²) in [5.41, 5.74) is 29.6. The minimum atomic E-state index is -0.588. The van der Waals surface area contributed by atoms with Crippen LogP contribution in [0.4, 0.5) is 0 Å². The molecule has 4 aliphatic rings. The van der Waals surface area contributed by atoms with Gasteiger partial charge >= 0.3 is 0 Å². The van der Waals surface area contributed by atoms with Crippen LogP contribution in [0.2, 0.25) is 0 Å². The molecule has 2 aliphatic carbocycles. The first-order valence-electron chi connectivity index (χ1n) is 42.7. The van der Waals surface area contributed by atoms with Gasteiger partial charge in [-0.1, -0.05) is 346 Å². The van der Waals surface area contributed by atoms with Crippen molar-refractivity contribution >= 4 is 76.3 Å². The molecule has 0 fully saturated rings. The van der Waals surface area contributed by atoms with E-state index in [0.29, 0.717) is 17.5 Å². The highest BCUT2D eigenvalue weighted by Crippen LogP contribution is 2.66. The monoisotopic (exact) mass is 1610 g/mol. The number of nitrogens with zero attached hydrogens (tertiary/aromatic N) is 7. The molecule has 7 heterocycles. The van der Waals surface area contributed by atoms with Crippen molar-refractivity contribution in [2.24, 2.45) is 0 Å². The molecule has 0 bridgehead atoms. The van der Waals surface area contributed by atoms with Gasteiger partial charge in [-0.2, -0.15) is 0 Å². The number of rotatable bonds is 8. The fourth-order valence-electron chi connectivity index (χ4n) is 20.9. The van der Waals surface area contributed by atoms with Crippen molar-refractivity contribution in [3.63, 3.8) is 0 Å². The van der Waals surface area contributed by atoms with Crippen LogP contribution in [-0.4, -0.2) is 34.5 Å². The molecular weight excluding hydrogens is 1540 g/mol. The number of hydrogen-bond acceptors (Lipinski definition) is 9. The highest BCUT2D eigenvalue weighted by molar-refractivity contribution is 6.17. The van der Waals surface area contributed by atoms with E-state index in [1.807, 2.05) is 72.8 Å². The second kappa shape index (κ2) is 27.9. The fraction of sp³-hybridized carbons (Fsp3) is 0.0172. The Morgan fingerprint density at radius 1 is 0.230 bits per heavy atom. The number of aromatic nitrogens is 7. The molecule has 2 spiro atoms. The van der Waals surface area contributed by atoms with E-state index in [1.165, 1.54) is 44.5 Å². The maximum atomic E-state index is 7.20. The zero-order valence-electron chi connectivity index (χ0n) is 67.7. The Balaban J connectivity index is 0.000000134. The van der Waals surface area contributed by atoms with Crippen LogP contribution < -0.4 is 9.47 Å². The number of pyridine rings is 2. The third-order valence-corrected chi connectivity index (χ3v) is 26.3. The predicted octanol–water partition coefficient (Wildman–Crippen LogP) is 28.8. The van der Waals surface area contributed by atoms with E-state index in [9.17, 15) is 0 Å². The quantitative estimate of drug-likeness (QED) is 0.137. The van der Waals surface area contributed by atoms with Crippen molar-refractivity contribution in [3.8, 4) is 130 Å². The average Bonchev–Trinajstić information content (AvgIpc) is 1.50. The van der Waals surface area contributed by atoms with Crippen LogP contribution in [0.1, 0.15) is 44.5 Å². The van der Waals surface area contributed by atoms with Gasteiger partial charge in [0, 0.05) is 98.8 Å². The normalized spacial score (nSPS) is 13.2. The highest BCUT2D eigenvalue weighted by Gasteiger charge is 2.53. The summed E-state index contributed by atoms with van der Waals surface area (Å²) in [6.07, 6.45) is 0. The van der Waals surface area contributed by atoms with Crippen molar-refractivity contribution < 1.29 is 13.9 Å². The van der Waals surface area contributed by atoms with Gasteiger partial charge in [0.05, 0.1) is 49.8 Å². The largest absolute Gasteiger partial charge is 0.456 e. The molecule has 126 heavy (non-hydrogen) atoms. The van der Waals surface area contributed by atoms with Gasteiger partial charge in [-0.25, -0.2) is 29.9 Å². The number of imidazole rings is 1. The summed E-state index contributed by atoms with van der Waals surface area (Å²) in [6.45, 7) is 0. The molecule has 0 atom stereocenters. The van der Waals surface area contributed by atoms with Gasteiger partial charge in [-0.05, 0) is 128 Å². The molecule has 10 heteroatoms. The topological polar surface area (TPSA) is 114 Å². The summed E-state index contributed by atoms with van der Waals surface area (Å²) in [4.78, 5) is 31.4. The van der Waals surface area contributed by atoms with Crippen LogP contribution in [0.15, 0.2) is 423 Å². The minimum absolute atomic E-state index is 0.534. The summed E-state index contributed by atoms with van der Waals surface area (Å²) < 4.78 is 23.1. The number of furan rings is 1. The molecule has 27 rings (SSSR count). The first kappa shape index (κ1) is 71.0. The van der Waals surface area contributed by atoms with E-state index in [0.717, 1.165) is 189 Å². The molecule has 0 unspecified atom stereocenters. The molecule has 0 saturated heterocycles. The maximum absolute atomic E-state index is 7.20. The molecule has 18 aromatic carbocycles. The summed E-state index contributed by atoms with van der Waals surface area (Å²) in [5.74, 6) is 6.03. The van der Waals surface area contributed by atoms with Gasteiger partial charge in [-0.3, -0.25) is 4.57 Å². The van der Waals surface area contributed by atoms with E-state index in [1.54, 1.807) is 0 Å². The van der Waals surface area contributed by atoms with Crippen LogP contribution in [0.3, 0.4) is 0 Å². The number of ether oxygens (including phenoxy) is 2. The second-order valence-corrected chi connectivity index (χ2v) is 32.9. The standard InChI is InChI=1S/C59H34N4O2.C57H35N3O/c1-2-16-35(17-3-1)56-61-57(63-58(62-56)44-25-15-24-41-40-22-7-12-30-50(40)64-54(41)44)37-19-14-18-36(34-37)53-43-32-33-48-55(52(43)42-23-6-11-29-49(42)60-53)65-51-31-13-10-28-47(51)59(48)45-26-8-4-20-38(45)39-21-5-9-27-46(39)59;1-2-17-40(18-3-1)60-51-27-12-11-26-50(51)59-56(60)37-31-29-36(30-32-37)38-15-14-16-39(35-38)54-44-33-34-48-55(53(44)43-21-6-10-25-49(43)58-54)61-52-28-13-9-24-47(52)57(48)45-22-7-4-19-41(45)42-20-5-8-23-46(42)57/h1-34H;1-35H. The Kier molecular flexibility index (Phi) is 15.7. The Bertz CT molecular complexity index is 8420. The van der Waals surface area contributed by atoms with Gasteiger partial charge < -0.3 is 13.9 Å². The lowest BCUT2D eigenvalue weighted by atomic mass is 9.65. The fourth-order valence-corrected chi connectivity index (χ4v) is 20.9. The van der Waals surface area contributed by atoms with E-state index >= 15 is 0 Å². The lowest BCUT2D eigenvalue weighted by molar-refractivity contribution is 0.442. The van der Waals surface area contributed by atoms with Gasteiger partial charge in [0.2, 0.25) is 0 Å². The number of hydrogen-bond donors (Lipinski definition) is 0. The van der Waals surface area contributed by atoms with Crippen LogP contribution in [0, 0.1) is 0 Å². The number of fused-ring (bicyclic) bond motifs is 30. The molecular formula is C116H69N7O3. The Morgan fingerprint density at radius 2 is 0.635 bits per heavy atom. The van der Waals surface area contributed by atoms with Gasteiger partial charge in [0.25, 0.3) is 0 Å². The van der Waals surface area contributed by atoms with Gasteiger partial charge in [0.1, 0.15) is 40.0 Å². The van der Waals surface area contributed by atoms with E-state index in [-0.39, 0.29) is 0 Å². The van der Waals surface area contributed by atoms with Crippen LogP contribution in [0.25, 0.3) is 183 Å². The van der Waals surface area contributed by atoms with Crippen molar-refractivity contribution in [2.75, 3.05) is 0 Å². The molecule has 586 valence electrons. The zero-order valence-corrected chi connectivity index (χ0v) is 67.7. The molecule has 0 amide bonds. The highest BCUT2D eigenvalue weighted by atomic mass is 16.5. The lowest BCUT2D eigenvalue weighted by Gasteiger charge is -2.40. The van der Waals surface area contributed by atoms with Crippen molar-refractivity contribution in [2.45, 2.75) is 10.8 Å². The van der Waals surface area contributed by atoms with Crippen LogP contribution >= 0.6 is 0 Å². The lowest BCUT2D eigenvalue weighted by Crippen LogP contribution is -2.32. The number of benzene rings is 18. The summed E-state index contributed by atoms with van der Waals surface area (Å²) in [6, 6.07) is 148. The zero-order chi connectivity index (χ0) is 82.7. The second-order valence-electron chi connectivity index (χ2n) is 32.9.